The molecule has 0 radical (unpaired) electrons. The molecule has 1 heterocycles. The van der Waals surface area contributed by atoms with Gasteiger partial charge in [-0.1, -0.05) is 37.0 Å². The average molecular weight is 287 g/mol. The van der Waals surface area contributed by atoms with E-state index in [1.165, 1.54) is 0 Å². The predicted octanol–water partition coefficient (Wildman–Crippen LogP) is 3.65. The molecule has 0 atom stereocenters. The zero-order chi connectivity index (χ0) is 13.3. The first kappa shape index (κ1) is 13.6. The lowest BCUT2D eigenvalue weighted by molar-refractivity contribution is 0.0716. The summed E-state index contributed by atoms with van der Waals surface area (Å²) in [5.41, 5.74) is 0.261. The summed E-state index contributed by atoms with van der Waals surface area (Å²) >= 11 is 11.9. The molecule has 1 amide bonds. The highest BCUT2D eigenvalue weighted by atomic mass is 35.5. The summed E-state index contributed by atoms with van der Waals surface area (Å²) in [6, 6.07) is 3.55. The quantitative estimate of drug-likeness (QED) is 0.792. The van der Waals surface area contributed by atoms with E-state index in [9.17, 15) is 4.79 Å². The standard InChI is InChI=1S/C13H16Cl2N2O/c1-8(2)7-17(9-3-4-9)13(18)12-10(14)5-6-11(15)16-12/h5-6,8-9H,3-4,7H2,1-2H3. The summed E-state index contributed by atoms with van der Waals surface area (Å²) in [6.45, 7) is 4.92. The smallest absolute Gasteiger partial charge is 0.274 e. The van der Waals surface area contributed by atoms with Crippen LogP contribution in [0.5, 0.6) is 0 Å². The van der Waals surface area contributed by atoms with E-state index < -0.39 is 0 Å². The molecule has 1 fully saturated rings. The zero-order valence-electron chi connectivity index (χ0n) is 10.5. The van der Waals surface area contributed by atoms with Crippen LogP contribution in [0.25, 0.3) is 0 Å². The lowest BCUT2D eigenvalue weighted by atomic mass is 10.2. The van der Waals surface area contributed by atoms with Crippen molar-refractivity contribution in [3.8, 4) is 0 Å². The van der Waals surface area contributed by atoms with E-state index in [0.29, 0.717) is 22.1 Å². The summed E-state index contributed by atoms with van der Waals surface area (Å²) in [5, 5.41) is 0.654. The van der Waals surface area contributed by atoms with E-state index in [4.69, 9.17) is 23.2 Å². The Balaban J connectivity index is 2.24. The molecule has 1 aliphatic rings. The second-order valence-corrected chi connectivity index (χ2v) is 5.84. The van der Waals surface area contributed by atoms with Gasteiger partial charge < -0.3 is 4.90 Å². The van der Waals surface area contributed by atoms with Crippen LogP contribution in [0.4, 0.5) is 0 Å². The number of halogens is 2. The fraction of sp³-hybridized carbons (Fsp3) is 0.538. The molecule has 0 unspecified atom stereocenters. The van der Waals surface area contributed by atoms with E-state index >= 15 is 0 Å². The van der Waals surface area contributed by atoms with Crippen molar-refractivity contribution >= 4 is 29.1 Å². The minimum Gasteiger partial charge on any atom is -0.334 e. The Labute approximate surface area is 117 Å². The van der Waals surface area contributed by atoms with Crippen LogP contribution in [0.15, 0.2) is 12.1 Å². The average Bonchev–Trinajstić information content (AvgIpc) is 3.12. The fourth-order valence-corrected chi connectivity index (χ4v) is 2.22. The van der Waals surface area contributed by atoms with Gasteiger partial charge in [-0.3, -0.25) is 4.79 Å². The molecule has 3 nitrogen and oxygen atoms in total. The second-order valence-electron chi connectivity index (χ2n) is 5.05. The van der Waals surface area contributed by atoms with Gasteiger partial charge in [-0.05, 0) is 30.9 Å². The third kappa shape index (κ3) is 3.15. The maximum Gasteiger partial charge on any atom is 0.274 e. The summed E-state index contributed by atoms with van der Waals surface area (Å²) in [6.07, 6.45) is 2.13. The Morgan fingerprint density at radius 3 is 2.67 bits per heavy atom. The van der Waals surface area contributed by atoms with Crippen LogP contribution >= 0.6 is 23.2 Å². The van der Waals surface area contributed by atoms with Crippen molar-refractivity contribution in [2.75, 3.05) is 6.54 Å². The lowest BCUT2D eigenvalue weighted by Gasteiger charge is -2.24. The van der Waals surface area contributed by atoms with Crippen molar-refractivity contribution in [3.05, 3.63) is 28.0 Å². The second kappa shape index (κ2) is 5.45. The van der Waals surface area contributed by atoms with Gasteiger partial charge in [0.25, 0.3) is 5.91 Å². The maximum absolute atomic E-state index is 12.5. The van der Waals surface area contributed by atoms with Crippen molar-refractivity contribution in [1.29, 1.82) is 0 Å². The molecular formula is C13H16Cl2N2O. The number of rotatable bonds is 4. The van der Waals surface area contributed by atoms with E-state index in [1.807, 2.05) is 4.90 Å². The molecule has 0 bridgehead atoms. The number of hydrogen-bond donors (Lipinski definition) is 0. The molecule has 0 spiro atoms. The SMILES string of the molecule is CC(C)CN(C(=O)c1nc(Cl)ccc1Cl)C1CC1. The van der Waals surface area contributed by atoms with Gasteiger partial charge in [0, 0.05) is 12.6 Å². The Morgan fingerprint density at radius 2 is 2.11 bits per heavy atom. The Bertz CT molecular complexity index is 458. The lowest BCUT2D eigenvalue weighted by Crippen LogP contribution is -2.36. The van der Waals surface area contributed by atoms with Crippen molar-refractivity contribution in [2.24, 2.45) is 5.92 Å². The number of hydrogen-bond acceptors (Lipinski definition) is 2. The number of aromatic nitrogens is 1. The van der Waals surface area contributed by atoms with Crippen molar-refractivity contribution in [3.63, 3.8) is 0 Å². The Hall–Kier alpha value is -0.800. The highest BCUT2D eigenvalue weighted by Crippen LogP contribution is 2.30. The molecular weight excluding hydrogens is 271 g/mol. The number of nitrogens with zero attached hydrogens (tertiary/aromatic N) is 2. The highest BCUT2D eigenvalue weighted by molar-refractivity contribution is 6.34. The van der Waals surface area contributed by atoms with Gasteiger partial charge in [-0.15, -0.1) is 0 Å². The van der Waals surface area contributed by atoms with E-state index in [0.717, 1.165) is 19.4 Å². The van der Waals surface area contributed by atoms with Crippen LogP contribution in [0, 0.1) is 5.92 Å². The number of carbonyl (C=O) groups is 1. The van der Waals surface area contributed by atoms with Gasteiger partial charge in [0.05, 0.1) is 5.02 Å². The molecule has 98 valence electrons. The zero-order valence-corrected chi connectivity index (χ0v) is 12.0. The van der Waals surface area contributed by atoms with Gasteiger partial charge >= 0.3 is 0 Å². The van der Waals surface area contributed by atoms with Gasteiger partial charge in [0.15, 0.2) is 0 Å². The molecule has 2 rings (SSSR count). The topological polar surface area (TPSA) is 33.2 Å². The predicted molar refractivity (Wildman–Crippen MR) is 73.2 cm³/mol. The number of pyridine rings is 1. The number of carbonyl (C=O) groups excluding carboxylic acids is 1. The van der Waals surface area contributed by atoms with Crippen LogP contribution in [0.1, 0.15) is 37.2 Å². The molecule has 0 aromatic carbocycles. The van der Waals surface area contributed by atoms with Gasteiger partial charge in [0.2, 0.25) is 0 Å². The third-order valence-corrected chi connectivity index (χ3v) is 3.34. The summed E-state index contributed by atoms with van der Waals surface area (Å²) in [5.74, 6) is 0.311. The summed E-state index contributed by atoms with van der Waals surface area (Å²) < 4.78 is 0. The van der Waals surface area contributed by atoms with Crippen molar-refractivity contribution in [2.45, 2.75) is 32.7 Å². The summed E-state index contributed by atoms with van der Waals surface area (Å²) in [4.78, 5) is 18.4. The minimum absolute atomic E-state index is 0.112. The molecule has 0 aliphatic heterocycles. The Kier molecular flexibility index (Phi) is 4.13. The fourth-order valence-electron chi connectivity index (χ4n) is 1.88. The number of amides is 1. The van der Waals surface area contributed by atoms with Gasteiger partial charge in [0.1, 0.15) is 10.8 Å². The third-order valence-electron chi connectivity index (χ3n) is 2.82. The van der Waals surface area contributed by atoms with Crippen LogP contribution in [0.3, 0.4) is 0 Å². The van der Waals surface area contributed by atoms with Crippen LogP contribution < -0.4 is 0 Å². The molecule has 5 heteroatoms. The first-order chi connectivity index (χ1) is 8.49. The molecule has 0 saturated heterocycles. The van der Waals surface area contributed by atoms with E-state index in [-0.39, 0.29) is 11.6 Å². The van der Waals surface area contributed by atoms with Gasteiger partial charge in [-0.2, -0.15) is 0 Å². The summed E-state index contributed by atoms with van der Waals surface area (Å²) in [7, 11) is 0. The van der Waals surface area contributed by atoms with Crippen molar-refractivity contribution in [1.82, 2.24) is 9.88 Å². The van der Waals surface area contributed by atoms with Crippen molar-refractivity contribution < 1.29 is 4.79 Å². The van der Waals surface area contributed by atoms with Crippen LogP contribution in [0.2, 0.25) is 10.2 Å². The minimum atomic E-state index is -0.112. The first-order valence-corrected chi connectivity index (χ1v) is 6.87. The molecule has 1 saturated carbocycles. The van der Waals surface area contributed by atoms with Gasteiger partial charge in [-0.25, -0.2) is 4.98 Å². The highest BCUT2D eigenvalue weighted by Gasteiger charge is 2.34. The molecule has 1 aromatic rings. The maximum atomic E-state index is 12.5. The van der Waals surface area contributed by atoms with E-state index in [1.54, 1.807) is 12.1 Å². The first-order valence-electron chi connectivity index (χ1n) is 6.12. The monoisotopic (exact) mass is 286 g/mol. The largest absolute Gasteiger partial charge is 0.334 e. The molecule has 0 N–H and O–H groups in total. The van der Waals surface area contributed by atoms with Crippen LogP contribution in [-0.4, -0.2) is 28.4 Å². The molecule has 1 aromatic heterocycles. The Morgan fingerprint density at radius 1 is 1.44 bits per heavy atom. The van der Waals surface area contributed by atoms with E-state index in [2.05, 4.69) is 18.8 Å². The normalized spacial score (nSPS) is 14.9. The van der Waals surface area contributed by atoms with Crippen LogP contribution in [-0.2, 0) is 0 Å². The molecule has 1 aliphatic carbocycles. The molecule has 18 heavy (non-hydrogen) atoms.